The largest absolute Gasteiger partial charge is 0.379 e. The summed E-state index contributed by atoms with van der Waals surface area (Å²) < 4.78 is 18.4. The molecule has 1 atom stereocenters. The molecule has 122 valence electrons. The summed E-state index contributed by atoms with van der Waals surface area (Å²) in [6, 6.07) is 4.04. The van der Waals surface area contributed by atoms with E-state index in [4.69, 9.17) is 16.3 Å². The molecule has 1 saturated heterocycles. The molecular formula is C16H22ClFN2O2. The van der Waals surface area contributed by atoms with Gasteiger partial charge in [0.05, 0.1) is 23.8 Å². The minimum Gasteiger partial charge on any atom is -0.379 e. The van der Waals surface area contributed by atoms with Gasteiger partial charge in [-0.2, -0.15) is 0 Å². The topological polar surface area (TPSA) is 41.6 Å². The van der Waals surface area contributed by atoms with Gasteiger partial charge in [0.25, 0.3) is 5.91 Å². The second-order valence-electron chi connectivity index (χ2n) is 5.79. The standard InChI is InChI=1S/C16H22ClFN2O2/c1-11(2)15(20-5-7-22-8-6-20)10-19-16(21)13-4-3-12(18)9-14(13)17/h3-4,9,11,15H,5-8,10H2,1-2H3,(H,19,21). The van der Waals surface area contributed by atoms with Crippen LogP contribution < -0.4 is 5.32 Å². The van der Waals surface area contributed by atoms with Gasteiger partial charge in [-0.3, -0.25) is 9.69 Å². The lowest BCUT2D eigenvalue weighted by molar-refractivity contribution is 0.00673. The zero-order valence-corrected chi connectivity index (χ0v) is 13.7. The third-order valence-electron chi connectivity index (χ3n) is 3.93. The summed E-state index contributed by atoms with van der Waals surface area (Å²) in [4.78, 5) is 14.6. The van der Waals surface area contributed by atoms with E-state index in [1.807, 2.05) is 0 Å². The van der Waals surface area contributed by atoms with E-state index in [1.165, 1.54) is 12.1 Å². The summed E-state index contributed by atoms with van der Waals surface area (Å²) in [5.41, 5.74) is 0.299. The number of ether oxygens (including phenoxy) is 1. The Balaban J connectivity index is 1.97. The third-order valence-corrected chi connectivity index (χ3v) is 4.24. The fourth-order valence-electron chi connectivity index (χ4n) is 2.66. The Morgan fingerprint density at radius 2 is 2.09 bits per heavy atom. The van der Waals surface area contributed by atoms with Gasteiger partial charge in [-0.1, -0.05) is 25.4 Å². The molecule has 1 heterocycles. The molecule has 1 fully saturated rings. The van der Waals surface area contributed by atoms with Crippen molar-refractivity contribution >= 4 is 17.5 Å². The maximum absolute atomic E-state index is 13.0. The van der Waals surface area contributed by atoms with Crippen molar-refractivity contribution in [2.75, 3.05) is 32.8 Å². The number of nitrogens with zero attached hydrogens (tertiary/aromatic N) is 1. The molecule has 0 bridgehead atoms. The first-order chi connectivity index (χ1) is 10.5. The van der Waals surface area contributed by atoms with Crippen LogP contribution in [-0.2, 0) is 4.74 Å². The molecule has 1 unspecified atom stereocenters. The molecule has 1 aliphatic rings. The maximum atomic E-state index is 13.0. The first-order valence-electron chi connectivity index (χ1n) is 7.54. The van der Waals surface area contributed by atoms with Crippen molar-refractivity contribution in [2.45, 2.75) is 19.9 Å². The Labute approximate surface area is 135 Å². The Kier molecular flexibility index (Phi) is 6.17. The van der Waals surface area contributed by atoms with E-state index in [1.54, 1.807) is 0 Å². The average molecular weight is 329 g/mol. The Morgan fingerprint density at radius 1 is 1.41 bits per heavy atom. The molecule has 1 aromatic carbocycles. The molecule has 4 nitrogen and oxygen atoms in total. The van der Waals surface area contributed by atoms with Gasteiger partial charge in [0.2, 0.25) is 0 Å². The van der Waals surface area contributed by atoms with Crippen molar-refractivity contribution in [3.8, 4) is 0 Å². The van der Waals surface area contributed by atoms with Crippen LogP contribution in [0.15, 0.2) is 18.2 Å². The van der Waals surface area contributed by atoms with Crippen LogP contribution >= 0.6 is 11.6 Å². The summed E-state index contributed by atoms with van der Waals surface area (Å²) in [5.74, 6) is -0.319. The van der Waals surface area contributed by atoms with Crippen LogP contribution in [0.4, 0.5) is 4.39 Å². The minimum absolute atomic E-state index is 0.130. The number of carbonyl (C=O) groups excluding carboxylic acids is 1. The van der Waals surface area contributed by atoms with E-state index < -0.39 is 5.82 Å². The first kappa shape index (κ1) is 17.2. The summed E-state index contributed by atoms with van der Waals surface area (Å²) >= 11 is 5.92. The van der Waals surface area contributed by atoms with Crippen molar-refractivity contribution in [2.24, 2.45) is 5.92 Å². The van der Waals surface area contributed by atoms with Crippen LogP contribution in [0.2, 0.25) is 5.02 Å². The third kappa shape index (κ3) is 4.41. The van der Waals surface area contributed by atoms with Crippen LogP contribution in [0.25, 0.3) is 0 Å². The number of rotatable bonds is 5. The summed E-state index contributed by atoms with van der Waals surface area (Å²) in [6.45, 7) is 7.99. The predicted molar refractivity (Wildman–Crippen MR) is 84.8 cm³/mol. The van der Waals surface area contributed by atoms with E-state index in [9.17, 15) is 9.18 Å². The second-order valence-corrected chi connectivity index (χ2v) is 6.20. The van der Waals surface area contributed by atoms with Crippen molar-refractivity contribution < 1.29 is 13.9 Å². The van der Waals surface area contributed by atoms with Gasteiger partial charge < -0.3 is 10.1 Å². The lowest BCUT2D eigenvalue weighted by Gasteiger charge is -2.36. The second kappa shape index (κ2) is 7.90. The molecular weight excluding hydrogens is 307 g/mol. The van der Waals surface area contributed by atoms with E-state index in [-0.39, 0.29) is 17.0 Å². The van der Waals surface area contributed by atoms with E-state index in [0.29, 0.717) is 18.0 Å². The number of halogens is 2. The van der Waals surface area contributed by atoms with Crippen LogP contribution in [0.1, 0.15) is 24.2 Å². The molecule has 1 aliphatic heterocycles. The van der Waals surface area contributed by atoms with Crippen molar-refractivity contribution in [3.63, 3.8) is 0 Å². The number of benzene rings is 1. The van der Waals surface area contributed by atoms with Gasteiger partial charge in [-0.15, -0.1) is 0 Å². The average Bonchev–Trinajstić information content (AvgIpc) is 2.48. The number of hydrogen-bond acceptors (Lipinski definition) is 3. The number of morpholine rings is 1. The lowest BCUT2D eigenvalue weighted by atomic mass is 10.0. The molecule has 0 aromatic heterocycles. The molecule has 0 aliphatic carbocycles. The summed E-state index contributed by atoms with van der Waals surface area (Å²) in [6.07, 6.45) is 0. The van der Waals surface area contributed by atoms with E-state index in [2.05, 4.69) is 24.1 Å². The maximum Gasteiger partial charge on any atom is 0.252 e. The molecule has 1 N–H and O–H groups in total. The van der Waals surface area contributed by atoms with Crippen molar-refractivity contribution in [3.05, 3.63) is 34.6 Å². The number of amides is 1. The molecule has 2 rings (SSSR count). The van der Waals surface area contributed by atoms with Gasteiger partial charge in [-0.05, 0) is 24.1 Å². The molecule has 0 saturated carbocycles. The highest BCUT2D eigenvalue weighted by Crippen LogP contribution is 2.18. The molecule has 1 amide bonds. The highest BCUT2D eigenvalue weighted by atomic mass is 35.5. The Morgan fingerprint density at radius 3 is 2.68 bits per heavy atom. The fraction of sp³-hybridized carbons (Fsp3) is 0.562. The van der Waals surface area contributed by atoms with Crippen molar-refractivity contribution in [1.29, 1.82) is 0 Å². The van der Waals surface area contributed by atoms with Gasteiger partial charge in [0.15, 0.2) is 0 Å². The van der Waals surface area contributed by atoms with Gasteiger partial charge >= 0.3 is 0 Å². The quantitative estimate of drug-likeness (QED) is 0.903. The highest BCUT2D eigenvalue weighted by Gasteiger charge is 2.24. The molecule has 0 spiro atoms. The summed E-state index contributed by atoms with van der Waals surface area (Å²) in [7, 11) is 0. The fourth-order valence-corrected chi connectivity index (χ4v) is 2.91. The number of nitrogens with one attached hydrogen (secondary N) is 1. The van der Waals surface area contributed by atoms with Crippen LogP contribution in [0.3, 0.4) is 0 Å². The van der Waals surface area contributed by atoms with Gasteiger partial charge in [0.1, 0.15) is 5.82 Å². The summed E-state index contributed by atoms with van der Waals surface area (Å²) in [5, 5.41) is 3.04. The molecule has 1 aromatic rings. The Bertz CT molecular complexity index is 519. The zero-order chi connectivity index (χ0) is 16.1. The van der Waals surface area contributed by atoms with Gasteiger partial charge in [0, 0.05) is 25.7 Å². The molecule has 6 heteroatoms. The predicted octanol–water partition coefficient (Wildman–Crippen LogP) is 2.57. The Hall–Kier alpha value is -1.17. The minimum atomic E-state index is -0.449. The van der Waals surface area contributed by atoms with E-state index >= 15 is 0 Å². The highest BCUT2D eigenvalue weighted by molar-refractivity contribution is 6.33. The van der Waals surface area contributed by atoms with Gasteiger partial charge in [-0.25, -0.2) is 4.39 Å². The SMILES string of the molecule is CC(C)C(CNC(=O)c1ccc(F)cc1Cl)N1CCOCC1. The number of carbonyl (C=O) groups is 1. The first-order valence-corrected chi connectivity index (χ1v) is 7.92. The monoisotopic (exact) mass is 328 g/mol. The van der Waals surface area contributed by atoms with E-state index in [0.717, 1.165) is 32.4 Å². The number of hydrogen-bond donors (Lipinski definition) is 1. The van der Waals surface area contributed by atoms with Crippen LogP contribution in [-0.4, -0.2) is 49.7 Å². The smallest absolute Gasteiger partial charge is 0.252 e. The normalized spacial score (nSPS) is 17.5. The molecule has 0 radical (unpaired) electrons. The zero-order valence-electron chi connectivity index (χ0n) is 12.9. The van der Waals surface area contributed by atoms with Crippen molar-refractivity contribution in [1.82, 2.24) is 10.2 Å². The van der Waals surface area contributed by atoms with Crippen LogP contribution in [0, 0.1) is 11.7 Å². The lowest BCUT2D eigenvalue weighted by Crippen LogP contribution is -2.51. The van der Waals surface area contributed by atoms with Crippen LogP contribution in [0.5, 0.6) is 0 Å². The molecule has 22 heavy (non-hydrogen) atoms.